The van der Waals surface area contributed by atoms with Crippen LogP contribution in [0.25, 0.3) is 11.3 Å². The maximum atomic E-state index is 14.8. The summed E-state index contributed by atoms with van der Waals surface area (Å²) in [6.07, 6.45) is 3.00. The van der Waals surface area contributed by atoms with Crippen LogP contribution in [0.2, 0.25) is 0 Å². The first-order chi connectivity index (χ1) is 12.5. The first-order valence-electron chi connectivity index (χ1n) is 8.52. The number of cyclic esters (lactones) is 1. The fourth-order valence-electron chi connectivity index (χ4n) is 3.44. The average Bonchev–Trinajstić information content (AvgIpc) is 3.17. The van der Waals surface area contributed by atoms with E-state index in [4.69, 9.17) is 9.26 Å². The van der Waals surface area contributed by atoms with Gasteiger partial charge in [0.15, 0.2) is 5.76 Å². The van der Waals surface area contributed by atoms with Gasteiger partial charge in [-0.3, -0.25) is 9.69 Å². The number of carbonyl (C=O) groups excluding carboxylic acids is 2. The molecule has 26 heavy (non-hydrogen) atoms. The second kappa shape index (κ2) is 6.44. The van der Waals surface area contributed by atoms with Crippen LogP contribution in [-0.2, 0) is 22.4 Å². The van der Waals surface area contributed by atoms with Crippen LogP contribution in [-0.4, -0.2) is 36.4 Å². The van der Waals surface area contributed by atoms with E-state index in [2.05, 4.69) is 10.5 Å². The van der Waals surface area contributed by atoms with E-state index in [9.17, 15) is 14.0 Å². The standard InChI is InChI=1S/C18H18FN3O4/c1-10(23)20-8-13-9-22(18(24)25-13)16-5-11-3-2-4-12-7-21-26-17(12)14(11)6-15(16)19/h5-7,13H,2-4,8-9H2,1H3,(H,20,23). The minimum absolute atomic E-state index is 0.182. The van der Waals surface area contributed by atoms with Gasteiger partial charge < -0.3 is 14.6 Å². The SMILES string of the molecule is CC(=O)NCC1CN(c2cc3c(cc2F)-c2oncc2CCC3)C(=O)O1. The molecule has 2 aliphatic rings. The van der Waals surface area contributed by atoms with E-state index in [0.29, 0.717) is 11.3 Å². The van der Waals surface area contributed by atoms with Gasteiger partial charge in [0.1, 0.15) is 11.9 Å². The lowest BCUT2D eigenvalue weighted by molar-refractivity contribution is -0.119. The second-order valence-electron chi connectivity index (χ2n) is 6.55. The summed E-state index contributed by atoms with van der Waals surface area (Å²) < 4.78 is 25.3. The number of hydrogen-bond donors (Lipinski definition) is 1. The second-order valence-corrected chi connectivity index (χ2v) is 6.55. The largest absolute Gasteiger partial charge is 0.442 e. The molecule has 1 aromatic heterocycles. The molecule has 4 rings (SSSR count). The fourth-order valence-corrected chi connectivity index (χ4v) is 3.44. The Balaban J connectivity index is 1.64. The smallest absolute Gasteiger partial charge is 0.414 e. The number of ether oxygens (including phenoxy) is 1. The highest BCUT2D eigenvalue weighted by atomic mass is 19.1. The zero-order valence-corrected chi connectivity index (χ0v) is 14.3. The van der Waals surface area contributed by atoms with Gasteiger partial charge in [0.25, 0.3) is 0 Å². The Morgan fingerprint density at radius 1 is 1.38 bits per heavy atom. The molecule has 7 nitrogen and oxygen atoms in total. The highest BCUT2D eigenvalue weighted by Crippen LogP contribution is 2.37. The van der Waals surface area contributed by atoms with Crippen LogP contribution < -0.4 is 10.2 Å². The molecule has 0 saturated carbocycles. The van der Waals surface area contributed by atoms with Gasteiger partial charge in [-0.25, -0.2) is 9.18 Å². The van der Waals surface area contributed by atoms with Crippen molar-refractivity contribution in [3.63, 3.8) is 0 Å². The topological polar surface area (TPSA) is 84.7 Å². The van der Waals surface area contributed by atoms with Gasteiger partial charge in [-0.2, -0.15) is 0 Å². The summed E-state index contributed by atoms with van der Waals surface area (Å²) in [6, 6.07) is 3.08. The summed E-state index contributed by atoms with van der Waals surface area (Å²) in [7, 11) is 0. The van der Waals surface area contributed by atoms with Crippen LogP contribution >= 0.6 is 0 Å². The van der Waals surface area contributed by atoms with Crippen molar-refractivity contribution in [1.29, 1.82) is 0 Å². The molecule has 1 aromatic carbocycles. The van der Waals surface area contributed by atoms with Gasteiger partial charge in [0.2, 0.25) is 5.91 Å². The Kier molecular flexibility index (Phi) is 4.10. The average molecular weight is 359 g/mol. The minimum atomic E-state index is -0.617. The van der Waals surface area contributed by atoms with Crippen LogP contribution in [0, 0.1) is 5.82 Å². The lowest BCUT2D eigenvalue weighted by Crippen LogP contribution is -2.33. The van der Waals surface area contributed by atoms with Gasteiger partial charge in [-0.15, -0.1) is 0 Å². The summed E-state index contributed by atoms with van der Waals surface area (Å²) in [5, 5.41) is 6.42. The monoisotopic (exact) mass is 359 g/mol. The molecule has 1 atom stereocenters. The van der Waals surface area contributed by atoms with Crippen LogP contribution in [0.15, 0.2) is 22.9 Å². The molecule has 0 spiro atoms. The van der Waals surface area contributed by atoms with Crippen molar-refractivity contribution >= 4 is 17.7 Å². The number of halogens is 1. The van der Waals surface area contributed by atoms with Crippen LogP contribution in [0.5, 0.6) is 0 Å². The van der Waals surface area contributed by atoms with Crippen molar-refractivity contribution in [1.82, 2.24) is 10.5 Å². The maximum Gasteiger partial charge on any atom is 0.414 e. The van der Waals surface area contributed by atoms with Crippen LogP contribution in [0.4, 0.5) is 14.9 Å². The maximum absolute atomic E-state index is 14.8. The molecular weight excluding hydrogens is 341 g/mol. The highest BCUT2D eigenvalue weighted by molar-refractivity contribution is 5.91. The zero-order valence-electron chi connectivity index (χ0n) is 14.3. The predicted molar refractivity (Wildman–Crippen MR) is 90.2 cm³/mol. The first kappa shape index (κ1) is 16.6. The number of nitrogens with one attached hydrogen (secondary N) is 1. The number of fused-ring (bicyclic) bond motifs is 3. The Bertz CT molecular complexity index is 879. The van der Waals surface area contributed by atoms with E-state index in [1.807, 2.05) is 0 Å². The predicted octanol–water partition coefficient (Wildman–Crippen LogP) is 2.43. The molecule has 2 aromatic rings. The van der Waals surface area contributed by atoms with Crippen molar-refractivity contribution < 1.29 is 23.2 Å². The fraction of sp³-hybridized carbons (Fsp3) is 0.389. The van der Waals surface area contributed by atoms with Gasteiger partial charge in [0.05, 0.1) is 25.0 Å². The Hall–Kier alpha value is -2.90. The molecule has 2 heterocycles. The minimum Gasteiger partial charge on any atom is -0.442 e. The van der Waals surface area contributed by atoms with Crippen LogP contribution in [0.3, 0.4) is 0 Å². The molecular formula is C18H18FN3O4. The first-order valence-corrected chi connectivity index (χ1v) is 8.52. The number of aryl methyl sites for hydroxylation is 2. The van der Waals surface area contributed by atoms with E-state index in [1.165, 1.54) is 17.9 Å². The van der Waals surface area contributed by atoms with Crippen molar-refractivity contribution in [2.45, 2.75) is 32.3 Å². The number of aromatic nitrogens is 1. The van der Waals surface area contributed by atoms with E-state index in [0.717, 1.165) is 30.4 Å². The van der Waals surface area contributed by atoms with E-state index >= 15 is 0 Å². The molecule has 1 unspecified atom stereocenters. The molecule has 8 heteroatoms. The third-order valence-corrected chi connectivity index (χ3v) is 4.70. The number of anilines is 1. The molecule has 1 N–H and O–H groups in total. The number of nitrogens with zero attached hydrogens (tertiary/aromatic N) is 2. The number of hydrogen-bond acceptors (Lipinski definition) is 5. The molecule has 2 amide bonds. The molecule has 1 aliphatic heterocycles. The Labute approximate surface area is 149 Å². The summed E-state index contributed by atoms with van der Waals surface area (Å²) >= 11 is 0. The van der Waals surface area contributed by atoms with E-state index < -0.39 is 18.0 Å². The van der Waals surface area contributed by atoms with Crippen molar-refractivity contribution in [3.05, 3.63) is 35.3 Å². The summed E-state index contributed by atoms with van der Waals surface area (Å²) in [6.45, 7) is 1.77. The Morgan fingerprint density at radius 3 is 3.00 bits per heavy atom. The molecule has 1 fully saturated rings. The van der Waals surface area contributed by atoms with Crippen molar-refractivity contribution in [2.24, 2.45) is 0 Å². The van der Waals surface area contributed by atoms with Crippen molar-refractivity contribution in [3.8, 4) is 11.3 Å². The van der Waals surface area contributed by atoms with Gasteiger partial charge >= 0.3 is 6.09 Å². The third kappa shape index (κ3) is 2.91. The molecule has 0 radical (unpaired) electrons. The van der Waals surface area contributed by atoms with Crippen molar-refractivity contribution in [2.75, 3.05) is 18.0 Å². The molecule has 1 aliphatic carbocycles. The lowest BCUT2D eigenvalue weighted by atomic mass is 10.0. The molecule has 0 bridgehead atoms. The van der Waals surface area contributed by atoms with E-state index in [1.54, 1.807) is 12.3 Å². The van der Waals surface area contributed by atoms with Gasteiger partial charge in [-0.1, -0.05) is 5.16 Å². The van der Waals surface area contributed by atoms with Gasteiger partial charge in [-0.05, 0) is 37.0 Å². The zero-order chi connectivity index (χ0) is 18.3. The number of amides is 2. The molecule has 136 valence electrons. The number of rotatable bonds is 3. The highest BCUT2D eigenvalue weighted by Gasteiger charge is 2.34. The number of carbonyl (C=O) groups is 2. The van der Waals surface area contributed by atoms with Crippen LogP contribution in [0.1, 0.15) is 24.5 Å². The molecule has 1 saturated heterocycles. The Morgan fingerprint density at radius 2 is 2.19 bits per heavy atom. The lowest BCUT2D eigenvalue weighted by Gasteiger charge is -2.17. The quantitative estimate of drug-likeness (QED) is 0.910. The van der Waals surface area contributed by atoms with Gasteiger partial charge in [0, 0.05) is 18.1 Å². The third-order valence-electron chi connectivity index (χ3n) is 4.70. The van der Waals surface area contributed by atoms with E-state index in [-0.39, 0.29) is 24.7 Å². The summed E-state index contributed by atoms with van der Waals surface area (Å²) in [5.74, 6) is -0.140. The number of benzene rings is 1. The summed E-state index contributed by atoms with van der Waals surface area (Å²) in [4.78, 5) is 24.5. The normalized spacial score (nSPS) is 18.8. The summed E-state index contributed by atoms with van der Waals surface area (Å²) in [5.41, 5.74) is 2.74.